The van der Waals surface area contributed by atoms with E-state index < -0.39 is 22.0 Å². The van der Waals surface area contributed by atoms with E-state index in [9.17, 15) is 18.0 Å². The lowest BCUT2D eigenvalue weighted by atomic mass is 10.2. The van der Waals surface area contributed by atoms with Crippen LogP contribution in [0.2, 0.25) is 0 Å². The van der Waals surface area contributed by atoms with E-state index in [-0.39, 0.29) is 23.8 Å². The number of sulfonamides is 1. The lowest BCUT2D eigenvalue weighted by Crippen LogP contribution is -2.39. The van der Waals surface area contributed by atoms with Crippen molar-refractivity contribution in [3.8, 4) is 0 Å². The Morgan fingerprint density at radius 1 is 1.26 bits per heavy atom. The Balaban J connectivity index is 2.25. The van der Waals surface area contributed by atoms with Crippen molar-refractivity contribution < 1.29 is 22.7 Å². The van der Waals surface area contributed by atoms with Gasteiger partial charge in [0.05, 0.1) is 22.5 Å². The lowest BCUT2D eigenvalue weighted by molar-refractivity contribution is -0.146. The summed E-state index contributed by atoms with van der Waals surface area (Å²) in [7, 11) is -0.591. The molecule has 1 aromatic carbocycles. The van der Waals surface area contributed by atoms with E-state index in [1.54, 1.807) is 32.0 Å². The normalized spacial score (nSPS) is 12.8. The van der Waals surface area contributed by atoms with Crippen molar-refractivity contribution in [2.45, 2.75) is 63.9 Å². The first-order valence-electron chi connectivity index (χ1n) is 10.5. The SMILES string of the molecule is CCCCn1c(CCC(=O)NC(C)C(=O)OCC)nc2cc(S(=O)(=O)N(C)C)ccc21. The van der Waals surface area contributed by atoms with Crippen LogP contribution >= 0.6 is 0 Å². The van der Waals surface area contributed by atoms with Gasteiger partial charge in [0.1, 0.15) is 11.9 Å². The van der Waals surface area contributed by atoms with Gasteiger partial charge in [-0.05, 0) is 38.5 Å². The Morgan fingerprint density at radius 2 is 1.97 bits per heavy atom. The second-order valence-electron chi connectivity index (χ2n) is 7.51. The van der Waals surface area contributed by atoms with Crippen LogP contribution in [0.15, 0.2) is 23.1 Å². The molecule has 0 saturated heterocycles. The average molecular weight is 453 g/mol. The summed E-state index contributed by atoms with van der Waals surface area (Å²) in [6, 6.07) is 4.20. The molecule has 0 aliphatic rings. The fraction of sp³-hybridized carbons (Fsp3) is 0.571. The van der Waals surface area contributed by atoms with Crippen molar-refractivity contribution in [3.63, 3.8) is 0 Å². The fourth-order valence-corrected chi connectivity index (χ4v) is 4.07. The predicted octanol–water partition coefficient (Wildman–Crippen LogP) is 2.09. The van der Waals surface area contributed by atoms with Crippen molar-refractivity contribution in [2.75, 3.05) is 20.7 Å². The maximum Gasteiger partial charge on any atom is 0.328 e. The number of nitrogens with one attached hydrogen (secondary N) is 1. The van der Waals surface area contributed by atoms with E-state index in [1.807, 2.05) is 4.57 Å². The number of aryl methyl sites for hydroxylation is 2. The molecule has 0 fully saturated rings. The van der Waals surface area contributed by atoms with Crippen molar-refractivity contribution in [3.05, 3.63) is 24.0 Å². The maximum absolute atomic E-state index is 12.5. The summed E-state index contributed by atoms with van der Waals surface area (Å²) in [5, 5.41) is 2.64. The number of amides is 1. The Hall–Kier alpha value is -2.46. The zero-order valence-electron chi connectivity index (χ0n) is 18.8. The van der Waals surface area contributed by atoms with Gasteiger partial charge in [-0.1, -0.05) is 13.3 Å². The molecule has 2 aromatic rings. The molecule has 1 atom stereocenters. The average Bonchev–Trinajstić information content (AvgIpc) is 3.07. The monoisotopic (exact) mass is 452 g/mol. The molecule has 172 valence electrons. The highest BCUT2D eigenvalue weighted by Crippen LogP contribution is 2.23. The van der Waals surface area contributed by atoms with Crippen LogP contribution in [0.1, 0.15) is 45.9 Å². The van der Waals surface area contributed by atoms with E-state index >= 15 is 0 Å². The molecule has 2 rings (SSSR count). The second kappa shape index (κ2) is 10.7. The van der Waals surface area contributed by atoms with Crippen LogP contribution in [0.25, 0.3) is 11.0 Å². The molecule has 0 aliphatic carbocycles. The van der Waals surface area contributed by atoms with E-state index in [4.69, 9.17) is 4.74 Å². The maximum atomic E-state index is 12.5. The smallest absolute Gasteiger partial charge is 0.328 e. The molecule has 1 heterocycles. The molecule has 1 unspecified atom stereocenters. The molecule has 1 amide bonds. The summed E-state index contributed by atoms with van der Waals surface area (Å²) in [4.78, 5) is 28.8. The second-order valence-corrected chi connectivity index (χ2v) is 9.66. The molecule has 10 heteroatoms. The fourth-order valence-electron chi connectivity index (χ4n) is 3.15. The van der Waals surface area contributed by atoms with Gasteiger partial charge in [-0.2, -0.15) is 0 Å². The molecule has 31 heavy (non-hydrogen) atoms. The van der Waals surface area contributed by atoms with Crippen molar-refractivity contribution in [1.82, 2.24) is 19.2 Å². The number of rotatable bonds is 11. The molecule has 1 aromatic heterocycles. The number of carbonyl (C=O) groups is 2. The van der Waals surface area contributed by atoms with E-state index in [2.05, 4.69) is 17.2 Å². The third-order valence-corrected chi connectivity index (χ3v) is 6.72. The number of fused-ring (bicyclic) bond motifs is 1. The minimum atomic E-state index is -3.56. The zero-order chi connectivity index (χ0) is 23.2. The molecule has 1 N–H and O–H groups in total. The number of ether oxygens (including phenoxy) is 1. The molecular formula is C21H32N4O5S. The molecule has 0 bridgehead atoms. The van der Waals surface area contributed by atoms with Crippen LogP contribution in [0.3, 0.4) is 0 Å². The number of hydrogen-bond donors (Lipinski definition) is 1. The third-order valence-electron chi connectivity index (χ3n) is 4.91. The first kappa shape index (κ1) is 24.8. The molecular weight excluding hydrogens is 420 g/mol. The Labute approximate surface area is 183 Å². The van der Waals surface area contributed by atoms with Gasteiger partial charge in [0.25, 0.3) is 0 Å². The molecule has 9 nitrogen and oxygen atoms in total. The van der Waals surface area contributed by atoms with E-state index in [0.29, 0.717) is 17.8 Å². The highest BCUT2D eigenvalue weighted by atomic mass is 32.2. The number of unbranched alkanes of at least 4 members (excludes halogenated alkanes) is 1. The summed E-state index contributed by atoms with van der Waals surface area (Å²) in [6.45, 7) is 6.36. The number of carbonyl (C=O) groups excluding carboxylic acids is 2. The Bertz CT molecular complexity index is 1030. The van der Waals surface area contributed by atoms with Gasteiger partial charge in [0, 0.05) is 33.5 Å². The number of nitrogens with zero attached hydrogens (tertiary/aromatic N) is 3. The van der Waals surface area contributed by atoms with Gasteiger partial charge in [0.2, 0.25) is 15.9 Å². The zero-order valence-corrected chi connectivity index (χ0v) is 19.7. The summed E-state index contributed by atoms with van der Waals surface area (Å²) in [5.74, 6) is -0.0343. The summed E-state index contributed by atoms with van der Waals surface area (Å²) in [5.41, 5.74) is 1.41. The van der Waals surface area contributed by atoms with Crippen LogP contribution in [0, 0.1) is 0 Å². The van der Waals surface area contributed by atoms with Crippen LogP contribution in [0.5, 0.6) is 0 Å². The molecule has 0 aliphatic heterocycles. The molecule has 0 spiro atoms. The first-order chi connectivity index (χ1) is 14.6. The van der Waals surface area contributed by atoms with Crippen LogP contribution in [-0.2, 0) is 37.3 Å². The Morgan fingerprint density at radius 3 is 2.58 bits per heavy atom. The summed E-state index contributed by atoms with van der Waals surface area (Å²) >= 11 is 0. The highest BCUT2D eigenvalue weighted by molar-refractivity contribution is 7.89. The number of aromatic nitrogens is 2. The highest BCUT2D eigenvalue weighted by Gasteiger charge is 2.21. The standard InChI is InChI=1S/C21H32N4O5S/c1-6-8-13-25-18-10-9-16(31(28,29)24(4)5)14-17(18)23-19(25)11-12-20(26)22-15(3)21(27)30-7-2/h9-10,14-15H,6-8,11-13H2,1-5H3,(H,22,26). The van der Waals surface area contributed by atoms with Gasteiger partial charge < -0.3 is 14.6 Å². The van der Waals surface area contributed by atoms with E-state index in [0.717, 1.165) is 29.2 Å². The van der Waals surface area contributed by atoms with Crippen molar-refractivity contribution in [1.29, 1.82) is 0 Å². The quantitative estimate of drug-likeness (QED) is 0.523. The summed E-state index contributed by atoms with van der Waals surface area (Å²) in [6.07, 6.45) is 2.45. The van der Waals surface area contributed by atoms with Crippen LogP contribution in [-0.4, -0.2) is 60.9 Å². The third kappa shape index (κ3) is 6.04. The number of imidazole rings is 1. The van der Waals surface area contributed by atoms with Gasteiger partial charge in [-0.25, -0.2) is 22.5 Å². The topological polar surface area (TPSA) is 111 Å². The van der Waals surface area contributed by atoms with E-state index in [1.165, 1.54) is 14.1 Å². The lowest BCUT2D eigenvalue weighted by Gasteiger charge is -2.13. The number of hydrogen-bond acceptors (Lipinski definition) is 6. The van der Waals surface area contributed by atoms with Gasteiger partial charge in [-0.3, -0.25) is 4.79 Å². The van der Waals surface area contributed by atoms with Gasteiger partial charge in [-0.15, -0.1) is 0 Å². The predicted molar refractivity (Wildman–Crippen MR) is 118 cm³/mol. The number of benzene rings is 1. The van der Waals surface area contributed by atoms with Crippen LogP contribution < -0.4 is 5.32 Å². The van der Waals surface area contributed by atoms with Gasteiger partial charge in [0.15, 0.2) is 0 Å². The van der Waals surface area contributed by atoms with Crippen molar-refractivity contribution >= 4 is 32.9 Å². The summed E-state index contributed by atoms with van der Waals surface area (Å²) < 4.78 is 33.0. The number of esters is 1. The van der Waals surface area contributed by atoms with Crippen molar-refractivity contribution in [2.24, 2.45) is 0 Å². The minimum Gasteiger partial charge on any atom is -0.464 e. The van der Waals surface area contributed by atoms with Gasteiger partial charge >= 0.3 is 5.97 Å². The largest absolute Gasteiger partial charge is 0.464 e. The first-order valence-corrected chi connectivity index (χ1v) is 11.9. The Kier molecular flexibility index (Phi) is 8.58. The van der Waals surface area contributed by atoms with Crippen LogP contribution in [0.4, 0.5) is 0 Å². The minimum absolute atomic E-state index is 0.155. The molecule has 0 radical (unpaired) electrons. The molecule has 0 saturated carbocycles.